The number of nitrogens with zero attached hydrogens (tertiary/aromatic N) is 1. The van der Waals surface area contributed by atoms with Crippen LogP contribution >= 0.6 is 0 Å². The van der Waals surface area contributed by atoms with E-state index in [9.17, 15) is 9.59 Å². The van der Waals surface area contributed by atoms with Crippen molar-refractivity contribution in [3.05, 3.63) is 35.4 Å². The van der Waals surface area contributed by atoms with Crippen LogP contribution in [-0.2, 0) is 9.47 Å². The number of carbonyl (C=O) groups excluding carboxylic acids is 2. The molecule has 0 aromatic heterocycles. The number of nitrogens with one attached hydrogen (secondary N) is 3. The Bertz CT molecular complexity index is 814. The number of alkyl carbamates (subject to hydrolysis) is 1. The summed E-state index contributed by atoms with van der Waals surface area (Å²) in [4.78, 5) is 26.7. The number of amides is 3. The Morgan fingerprint density at radius 3 is 2.67 bits per heavy atom. The van der Waals surface area contributed by atoms with Gasteiger partial charge in [0.25, 0.3) is 0 Å². The number of hydrogen-bond donors (Lipinski definition) is 3. The molecule has 202 valence electrons. The van der Waals surface area contributed by atoms with Gasteiger partial charge in [0.1, 0.15) is 0 Å². The van der Waals surface area contributed by atoms with Crippen LogP contribution in [0, 0.1) is 18.8 Å². The number of likely N-dealkylation sites (N-methyl/N-ethyl adjacent to an activating group) is 1. The average molecular weight is 503 g/mol. The maximum Gasteiger partial charge on any atom is 0.406 e. The van der Waals surface area contributed by atoms with E-state index in [2.05, 4.69) is 51.9 Å². The third-order valence-corrected chi connectivity index (χ3v) is 7.52. The van der Waals surface area contributed by atoms with E-state index in [1.807, 2.05) is 11.9 Å². The second-order valence-electron chi connectivity index (χ2n) is 10.4. The highest BCUT2D eigenvalue weighted by Crippen LogP contribution is 2.33. The fourth-order valence-electron chi connectivity index (χ4n) is 5.74. The molecule has 1 saturated carbocycles. The zero-order valence-corrected chi connectivity index (χ0v) is 22.4. The van der Waals surface area contributed by atoms with Crippen LogP contribution < -0.4 is 16.0 Å². The minimum Gasteiger partial charge on any atom is -0.453 e. The number of benzene rings is 1. The third-order valence-electron chi connectivity index (χ3n) is 7.52. The SMILES string of the molecule is CNC[C@H](CC1CCCCC1)NC(=O)N1CCC[C@@H]([C@@H](OCCNC(=O)OC)c2cccc(C)c2)C1. The van der Waals surface area contributed by atoms with E-state index >= 15 is 0 Å². The van der Waals surface area contributed by atoms with Crippen molar-refractivity contribution in [3.63, 3.8) is 0 Å². The van der Waals surface area contributed by atoms with E-state index < -0.39 is 6.09 Å². The summed E-state index contributed by atoms with van der Waals surface area (Å²) >= 11 is 0. The van der Waals surface area contributed by atoms with Gasteiger partial charge in [0.05, 0.1) is 19.8 Å². The number of likely N-dealkylation sites (tertiary alicyclic amines) is 1. The van der Waals surface area contributed by atoms with Crippen molar-refractivity contribution in [2.75, 3.05) is 46.9 Å². The fraction of sp³-hybridized carbons (Fsp3) is 0.714. The molecule has 1 aromatic carbocycles. The van der Waals surface area contributed by atoms with Crippen LogP contribution in [0.15, 0.2) is 24.3 Å². The van der Waals surface area contributed by atoms with Gasteiger partial charge in [-0.15, -0.1) is 0 Å². The highest BCUT2D eigenvalue weighted by Gasteiger charge is 2.32. The van der Waals surface area contributed by atoms with E-state index in [0.717, 1.165) is 37.9 Å². The Kier molecular flexibility index (Phi) is 11.8. The Balaban J connectivity index is 1.62. The van der Waals surface area contributed by atoms with Gasteiger partial charge in [0, 0.05) is 38.1 Å². The Morgan fingerprint density at radius 2 is 1.94 bits per heavy atom. The van der Waals surface area contributed by atoms with E-state index in [4.69, 9.17) is 4.74 Å². The van der Waals surface area contributed by atoms with Gasteiger partial charge in [-0.3, -0.25) is 0 Å². The number of rotatable bonds is 11. The number of hydrogen-bond acceptors (Lipinski definition) is 5. The van der Waals surface area contributed by atoms with Crippen molar-refractivity contribution in [2.24, 2.45) is 11.8 Å². The van der Waals surface area contributed by atoms with Gasteiger partial charge in [-0.05, 0) is 44.7 Å². The first-order valence-electron chi connectivity index (χ1n) is 13.7. The highest BCUT2D eigenvalue weighted by atomic mass is 16.5. The zero-order valence-electron chi connectivity index (χ0n) is 22.4. The summed E-state index contributed by atoms with van der Waals surface area (Å²) in [7, 11) is 3.31. The molecular formula is C28H46N4O4. The van der Waals surface area contributed by atoms with Gasteiger partial charge >= 0.3 is 12.1 Å². The van der Waals surface area contributed by atoms with E-state index in [1.54, 1.807) is 0 Å². The first kappa shape index (κ1) is 28.3. The predicted octanol–water partition coefficient (Wildman–Crippen LogP) is 4.39. The molecule has 0 bridgehead atoms. The van der Waals surface area contributed by atoms with Crippen molar-refractivity contribution in [1.82, 2.24) is 20.9 Å². The normalized spacial score (nSPS) is 20.4. The minimum absolute atomic E-state index is 0.0334. The van der Waals surface area contributed by atoms with Gasteiger partial charge in [-0.1, -0.05) is 61.9 Å². The summed E-state index contributed by atoms with van der Waals surface area (Å²) in [6.45, 7) is 5.05. The molecular weight excluding hydrogens is 456 g/mol. The molecule has 1 aliphatic heterocycles. The number of aryl methyl sites for hydroxylation is 1. The zero-order chi connectivity index (χ0) is 25.8. The summed E-state index contributed by atoms with van der Waals surface area (Å²) in [6, 6.07) is 8.57. The Morgan fingerprint density at radius 1 is 1.14 bits per heavy atom. The van der Waals surface area contributed by atoms with E-state index in [-0.39, 0.29) is 24.1 Å². The van der Waals surface area contributed by atoms with Crippen LogP contribution in [0.5, 0.6) is 0 Å². The van der Waals surface area contributed by atoms with Crippen molar-refractivity contribution in [2.45, 2.75) is 70.4 Å². The molecule has 1 aliphatic carbocycles. The largest absolute Gasteiger partial charge is 0.453 e. The van der Waals surface area contributed by atoms with Crippen molar-refractivity contribution in [1.29, 1.82) is 0 Å². The molecule has 8 nitrogen and oxygen atoms in total. The lowest BCUT2D eigenvalue weighted by atomic mass is 9.85. The molecule has 1 saturated heterocycles. The second-order valence-corrected chi connectivity index (χ2v) is 10.4. The molecule has 0 unspecified atom stereocenters. The maximum atomic E-state index is 13.3. The molecule has 2 aliphatic rings. The molecule has 3 N–H and O–H groups in total. The molecule has 0 radical (unpaired) electrons. The number of piperidine rings is 1. The summed E-state index contributed by atoms with van der Waals surface area (Å²) in [5.74, 6) is 0.898. The fourth-order valence-corrected chi connectivity index (χ4v) is 5.74. The van der Waals surface area contributed by atoms with Gasteiger partial charge in [-0.2, -0.15) is 0 Å². The van der Waals surface area contributed by atoms with Crippen LogP contribution in [0.4, 0.5) is 9.59 Å². The molecule has 1 heterocycles. The highest BCUT2D eigenvalue weighted by molar-refractivity contribution is 5.74. The van der Waals surface area contributed by atoms with Crippen LogP contribution in [0.2, 0.25) is 0 Å². The van der Waals surface area contributed by atoms with Gasteiger partial charge in [0.15, 0.2) is 0 Å². The molecule has 36 heavy (non-hydrogen) atoms. The minimum atomic E-state index is -0.462. The lowest BCUT2D eigenvalue weighted by molar-refractivity contribution is -0.00868. The monoisotopic (exact) mass is 502 g/mol. The molecule has 3 atom stereocenters. The number of methoxy groups -OCH3 is 1. The lowest BCUT2D eigenvalue weighted by Gasteiger charge is -2.38. The number of urea groups is 1. The number of carbonyl (C=O) groups is 2. The summed E-state index contributed by atoms with van der Waals surface area (Å²) in [6.07, 6.45) is 8.92. The second kappa shape index (κ2) is 15.1. The predicted molar refractivity (Wildman–Crippen MR) is 142 cm³/mol. The smallest absolute Gasteiger partial charge is 0.406 e. The number of ether oxygens (including phenoxy) is 2. The third kappa shape index (κ3) is 8.96. The standard InChI is InChI=1S/C28H46N4O4/c1-21-9-7-12-23(17-21)26(36-16-14-30-28(34)35-3)24-13-8-15-32(20-24)27(33)31-25(19-29-2)18-22-10-5-4-6-11-22/h7,9,12,17,22,24-26,29H,4-6,8,10-11,13-16,18-20H2,1-3H3,(H,30,34)(H,31,33)/t24-,25+,26+/m1/s1. The average Bonchev–Trinajstić information content (AvgIpc) is 2.89. The topological polar surface area (TPSA) is 91.9 Å². The lowest BCUT2D eigenvalue weighted by Crippen LogP contribution is -2.52. The first-order chi connectivity index (χ1) is 17.5. The van der Waals surface area contributed by atoms with Gasteiger partial charge in [-0.25, -0.2) is 9.59 Å². The van der Waals surface area contributed by atoms with Crippen LogP contribution in [0.1, 0.15) is 68.6 Å². The molecule has 3 rings (SSSR count). The van der Waals surface area contributed by atoms with Crippen molar-refractivity contribution < 1.29 is 19.1 Å². The van der Waals surface area contributed by atoms with Gasteiger partial charge < -0.3 is 30.3 Å². The first-order valence-corrected chi connectivity index (χ1v) is 13.7. The summed E-state index contributed by atoms with van der Waals surface area (Å²) < 4.78 is 11.0. The maximum absolute atomic E-state index is 13.3. The van der Waals surface area contributed by atoms with E-state index in [0.29, 0.717) is 25.6 Å². The quantitative estimate of drug-likeness (QED) is 0.391. The van der Waals surface area contributed by atoms with Gasteiger partial charge in [0.2, 0.25) is 0 Å². The Hall–Kier alpha value is -2.32. The molecule has 3 amide bonds. The Labute approximate surface area is 216 Å². The van der Waals surface area contributed by atoms with Crippen LogP contribution in [0.25, 0.3) is 0 Å². The molecule has 8 heteroatoms. The van der Waals surface area contributed by atoms with E-state index in [1.165, 1.54) is 44.8 Å². The summed E-state index contributed by atoms with van der Waals surface area (Å²) in [5.41, 5.74) is 2.29. The van der Waals surface area contributed by atoms with Crippen molar-refractivity contribution in [3.8, 4) is 0 Å². The molecule has 0 spiro atoms. The van der Waals surface area contributed by atoms with Crippen LogP contribution in [-0.4, -0.2) is 70.0 Å². The summed E-state index contributed by atoms with van der Waals surface area (Å²) in [5, 5.41) is 9.29. The van der Waals surface area contributed by atoms with Crippen LogP contribution in [0.3, 0.4) is 0 Å². The van der Waals surface area contributed by atoms with Crippen molar-refractivity contribution >= 4 is 12.1 Å². The molecule has 2 fully saturated rings. The molecule has 1 aromatic rings.